The van der Waals surface area contributed by atoms with Gasteiger partial charge in [-0.25, -0.2) is 0 Å². The lowest BCUT2D eigenvalue weighted by Gasteiger charge is -2.37. The third-order valence-electron chi connectivity index (χ3n) is 7.11. The first-order valence-electron chi connectivity index (χ1n) is 14.5. The van der Waals surface area contributed by atoms with Gasteiger partial charge in [0.05, 0.1) is 30.5 Å². The summed E-state index contributed by atoms with van der Waals surface area (Å²) >= 11 is 0. The second-order valence-corrected chi connectivity index (χ2v) is 11.2. The second kappa shape index (κ2) is 19.6. The molecule has 5 unspecified atom stereocenters. The summed E-state index contributed by atoms with van der Waals surface area (Å²) in [6, 6.07) is 0. The highest BCUT2D eigenvalue weighted by molar-refractivity contribution is 4.77. The first-order valence-corrected chi connectivity index (χ1v) is 14.5. The normalized spacial score (nSPS) is 20.0. The number of aliphatic hydroxyl groups is 5. The molecule has 1 aliphatic heterocycles. The van der Waals surface area contributed by atoms with Crippen LogP contribution in [0.25, 0.3) is 0 Å². The predicted octanol–water partition coefficient (Wildman–Crippen LogP) is -0.806. The zero-order valence-electron chi connectivity index (χ0n) is 24.4. The summed E-state index contributed by atoms with van der Waals surface area (Å²) < 4.78 is 0. The van der Waals surface area contributed by atoms with E-state index in [9.17, 15) is 25.5 Å². The Bertz CT molecular complexity index is 549. The molecule has 0 aromatic carbocycles. The van der Waals surface area contributed by atoms with Crippen molar-refractivity contribution in [3.8, 4) is 0 Å². The number of piperazine rings is 1. The summed E-state index contributed by atoms with van der Waals surface area (Å²) in [5.41, 5.74) is 0. The zero-order valence-corrected chi connectivity index (χ0v) is 24.4. The molecule has 0 aromatic rings. The van der Waals surface area contributed by atoms with Crippen LogP contribution >= 0.6 is 0 Å². The Balaban J connectivity index is 2.47. The van der Waals surface area contributed by atoms with Gasteiger partial charge in [-0.3, -0.25) is 24.5 Å². The van der Waals surface area contributed by atoms with Crippen molar-refractivity contribution >= 4 is 0 Å². The third kappa shape index (κ3) is 17.0. The van der Waals surface area contributed by atoms with E-state index in [1.165, 1.54) is 0 Å². The molecule has 37 heavy (non-hydrogen) atoms. The van der Waals surface area contributed by atoms with E-state index in [-0.39, 0.29) is 6.10 Å². The first kappa shape index (κ1) is 34.6. The molecule has 0 radical (unpaired) electrons. The molecule has 10 heteroatoms. The molecule has 0 aromatic heterocycles. The summed E-state index contributed by atoms with van der Waals surface area (Å²) in [7, 11) is 0. The minimum Gasteiger partial charge on any atom is -0.392 e. The number of hydrogen-bond donors (Lipinski definition) is 5. The van der Waals surface area contributed by atoms with Gasteiger partial charge in [-0.15, -0.1) is 0 Å². The van der Waals surface area contributed by atoms with Gasteiger partial charge in [-0.1, -0.05) is 13.8 Å². The van der Waals surface area contributed by atoms with Crippen molar-refractivity contribution in [2.45, 2.75) is 78.0 Å². The van der Waals surface area contributed by atoms with Crippen LogP contribution in [-0.4, -0.2) is 179 Å². The standard InChI is InChI=1S/C27H59N5O5/c1-6-26(36)21-31(19-24(4)34)16-13-29-10-8-28(9-11-29)12-14-30(18-23(3)33)15-17-32(20-25(5)35)22-27(37)7-2/h23-27,33-37H,6-22H2,1-5H3. The molecule has 1 aliphatic rings. The Morgan fingerprint density at radius 1 is 0.514 bits per heavy atom. The van der Waals surface area contributed by atoms with Crippen LogP contribution in [0.2, 0.25) is 0 Å². The molecule has 0 bridgehead atoms. The monoisotopic (exact) mass is 533 g/mol. The first-order chi connectivity index (χ1) is 17.5. The van der Waals surface area contributed by atoms with Gasteiger partial charge >= 0.3 is 0 Å². The molecule has 0 aliphatic carbocycles. The average Bonchev–Trinajstić information content (AvgIpc) is 2.83. The van der Waals surface area contributed by atoms with E-state index in [4.69, 9.17) is 0 Å². The van der Waals surface area contributed by atoms with Crippen molar-refractivity contribution in [1.29, 1.82) is 0 Å². The molecule has 5 N–H and O–H groups in total. The molecule has 1 rings (SSSR count). The molecule has 1 heterocycles. The van der Waals surface area contributed by atoms with Gasteiger partial charge in [0.25, 0.3) is 0 Å². The third-order valence-corrected chi connectivity index (χ3v) is 7.11. The van der Waals surface area contributed by atoms with E-state index in [1.54, 1.807) is 13.8 Å². The summed E-state index contributed by atoms with van der Waals surface area (Å²) in [5.74, 6) is 0. The Labute approximate surface area is 226 Å². The molecular weight excluding hydrogens is 474 g/mol. The van der Waals surface area contributed by atoms with Crippen LogP contribution in [0.5, 0.6) is 0 Å². The highest BCUT2D eigenvalue weighted by Crippen LogP contribution is 2.06. The Kier molecular flexibility index (Phi) is 18.4. The molecule has 0 spiro atoms. The van der Waals surface area contributed by atoms with Crippen molar-refractivity contribution in [3.05, 3.63) is 0 Å². The fraction of sp³-hybridized carbons (Fsp3) is 1.00. The second-order valence-electron chi connectivity index (χ2n) is 11.2. The van der Waals surface area contributed by atoms with Gasteiger partial charge in [0.15, 0.2) is 0 Å². The Morgan fingerprint density at radius 2 is 0.838 bits per heavy atom. The summed E-state index contributed by atoms with van der Waals surface area (Å²) in [5, 5.41) is 49.8. The predicted molar refractivity (Wildman–Crippen MR) is 150 cm³/mol. The van der Waals surface area contributed by atoms with Crippen LogP contribution in [0.15, 0.2) is 0 Å². The Hall–Kier alpha value is -0.400. The molecular formula is C27H59N5O5. The maximum absolute atomic E-state index is 10.1. The highest BCUT2D eigenvalue weighted by Gasteiger charge is 2.21. The van der Waals surface area contributed by atoms with E-state index in [0.717, 1.165) is 71.9 Å². The summed E-state index contributed by atoms with van der Waals surface area (Å²) in [6.07, 6.45) is -0.576. The lowest BCUT2D eigenvalue weighted by atomic mass is 10.2. The van der Waals surface area contributed by atoms with E-state index in [2.05, 4.69) is 24.5 Å². The van der Waals surface area contributed by atoms with Crippen LogP contribution in [0, 0.1) is 0 Å². The maximum Gasteiger partial charge on any atom is 0.0664 e. The van der Waals surface area contributed by atoms with Crippen LogP contribution in [0.1, 0.15) is 47.5 Å². The van der Waals surface area contributed by atoms with Crippen LogP contribution in [0.4, 0.5) is 0 Å². The molecule has 222 valence electrons. The van der Waals surface area contributed by atoms with Crippen LogP contribution in [0.3, 0.4) is 0 Å². The van der Waals surface area contributed by atoms with E-state index >= 15 is 0 Å². The molecule has 0 saturated carbocycles. The van der Waals surface area contributed by atoms with Crippen molar-refractivity contribution < 1.29 is 25.5 Å². The summed E-state index contributed by atoms with van der Waals surface area (Å²) in [6.45, 7) is 21.4. The number of rotatable bonds is 21. The van der Waals surface area contributed by atoms with Crippen molar-refractivity contribution in [3.63, 3.8) is 0 Å². The Morgan fingerprint density at radius 3 is 1.22 bits per heavy atom. The molecule has 5 atom stereocenters. The van der Waals surface area contributed by atoms with Crippen molar-refractivity contribution in [1.82, 2.24) is 24.5 Å². The van der Waals surface area contributed by atoms with Crippen LogP contribution < -0.4 is 0 Å². The SMILES string of the molecule is CCC(O)CN(CCN1CCN(CCN(CCN(CC(C)O)CC(O)CC)CC(C)O)CC1)CC(C)O. The van der Waals surface area contributed by atoms with E-state index in [0.29, 0.717) is 39.1 Å². The summed E-state index contributed by atoms with van der Waals surface area (Å²) in [4.78, 5) is 11.5. The minimum atomic E-state index is -0.443. The fourth-order valence-corrected chi connectivity index (χ4v) is 4.87. The fourth-order valence-electron chi connectivity index (χ4n) is 4.87. The zero-order chi connectivity index (χ0) is 27.8. The molecule has 10 nitrogen and oxygen atoms in total. The quantitative estimate of drug-likeness (QED) is 0.128. The molecule has 1 fully saturated rings. The maximum atomic E-state index is 10.1. The number of hydrogen-bond acceptors (Lipinski definition) is 10. The average molecular weight is 534 g/mol. The lowest BCUT2D eigenvalue weighted by Crippen LogP contribution is -2.51. The van der Waals surface area contributed by atoms with E-state index in [1.807, 2.05) is 20.8 Å². The van der Waals surface area contributed by atoms with Gasteiger partial charge in [-0.05, 0) is 33.6 Å². The molecule has 1 saturated heterocycles. The smallest absolute Gasteiger partial charge is 0.0664 e. The van der Waals surface area contributed by atoms with E-state index < -0.39 is 24.4 Å². The minimum absolute atomic E-state index is 0.351. The van der Waals surface area contributed by atoms with Crippen molar-refractivity contribution in [2.24, 2.45) is 0 Å². The van der Waals surface area contributed by atoms with Gasteiger partial charge in [0.2, 0.25) is 0 Å². The lowest BCUT2D eigenvalue weighted by molar-refractivity contribution is 0.0526. The van der Waals surface area contributed by atoms with Gasteiger partial charge in [-0.2, -0.15) is 0 Å². The van der Waals surface area contributed by atoms with Gasteiger partial charge in [0.1, 0.15) is 0 Å². The van der Waals surface area contributed by atoms with Gasteiger partial charge in [0, 0.05) is 98.2 Å². The van der Waals surface area contributed by atoms with Crippen molar-refractivity contribution in [2.75, 3.05) is 98.2 Å². The highest BCUT2D eigenvalue weighted by atomic mass is 16.3. The van der Waals surface area contributed by atoms with Gasteiger partial charge < -0.3 is 25.5 Å². The van der Waals surface area contributed by atoms with Crippen LogP contribution in [-0.2, 0) is 0 Å². The number of nitrogens with zero attached hydrogens (tertiary/aromatic N) is 5. The molecule has 0 amide bonds. The largest absolute Gasteiger partial charge is 0.392 e. The topological polar surface area (TPSA) is 117 Å². The number of aliphatic hydroxyl groups excluding tert-OH is 5.